The molecule has 1 aliphatic rings. The van der Waals surface area contributed by atoms with Gasteiger partial charge in [-0.15, -0.1) is 11.3 Å². The Kier molecular flexibility index (Phi) is 3.46. The number of piperidine rings is 1. The first-order valence-corrected chi connectivity index (χ1v) is 7.28. The van der Waals surface area contributed by atoms with Crippen LogP contribution in [0.4, 0.5) is 13.9 Å². The molecule has 100 valence electrons. The average Bonchev–Trinajstić information content (AvgIpc) is 2.93. The van der Waals surface area contributed by atoms with Crippen LogP contribution in [0, 0.1) is 11.6 Å². The van der Waals surface area contributed by atoms with E-state index < -0.39 is 11.6 Å². The Morgan fingerprint density at radius 2 is 1.84 bits per heavy atom. The molecule has 0 saturated carbocycles. The van der Waals surface area contributed by atoms with E-state index in [0.29, 0.717) is 11.3 Å². The summed E-state index contributed by atoms with van der Waals surface area (Å²) in [5.74, 6) is -1.65. The molecule has 0 radical (unpaired) electrons. The minimum atomic E-state index is -0.829. The third-order valence-corrected chi connectivity index (χ3v) is 4.24. The molecule has 0 bridgehead atoms. The SMILES string of the molecule is Fc1ccc(-c2csc(N3CCCCC3)n2)cc1F. The summed E-state index contributed by atoms with van der Waals surface area (Å²) in [4.78, 5) is 6.79. The molecule has 5 heteroatoms. The molecule has 3 rings (SSSR count). The first-order valence-electron chi connectivity index (χ1n) is 6.40. The lowest BCUT2D eigenvalue weighted by Gasteiger charge is -2.25. The van der Waals surface area contributed by atoms with E-state index in [9.17, 15) is 8.78 Å². The van der Waals surface area contributed by atoms with Gasteiger partial charge in [0.05, 0.1) is 5.69 Å². The van der Waals surface area contributed by atoms with Crippen LogP contribution in [-0.2, 0) is 0 Å². The molecule has 2 nitrogen and oxygen atoms in total. The maximum absolute atomic E-state index is 13.2. The molecule has 1 fully saturated rings. The summed E-state index contributed by atoms with van der Waals surface area (Å²) in [5, 5.41) is 2.87. The summed E-state index contributed by atoms with van der Waals surface area (Å²) in [7, 11) is 0. The highest BCUT2D eigenvalue weighted by Gasteiger charge is 2.15. The van der Waals surface area contributed by atoms with Crippen molar-refractivity contribution in [2.24, 2.45) is 0 Å². The molecular formula is C14H14F2N2S. The summed E-state index contributed by atoms with van der Waals surface area (Å²) in [6, 6.07) is 3.91. The van der Waals surface area contributed by atoms with Crippen molar-refractivity contribution in [2.45, 2.75) is 19.3 Å². The Morgan fingerprint density at radius 3 is 2.58 bits per heavy atom. The van der Waals surface area contributed by atoms with E-state index in [1.807, 2.05) is 5.38 Å². The van der Waals surface area contributed by atoms with Crippen LogP contribution in [0.1, 0.15) is 19.3 Å². The maximum atomic E-state index is 13.2. The number of nitrogens with zero attached hydrogens (tertiary/aromatic N) is 2. The van der Waals surface area contributed by atoms with Gasteiger partial charge in [0, 0.05) is 24.0 Å². The lowest BCUT2D eigenvalue weighted by molar-refractivity contribution is 0.509. The zero-order chi connectivity index (χ0) is 13.2. The Morgan fingerprint density at radius 1 is 1.05 bits per heavy atom. The normalized spacial score (nSPS) is 15.8. The first kappa shape index (κ1) is 12.5. The molecule has 0 aliphatic carbocycles. The molecule has 2 heterocycles. The Bertz CT molecular complexity index is 577. The van der Waals surface area contributed by atoms with Gasteiger partial charge in [-0.05, 0) is 37.5 Å². The molecule has 0 unspecified atom stereocenters. The fraction of sp³-hybridized carbons (Fsp3) is 0.357. The van der Waals surface area contributed by atoms with E-state index in [1.165, 1.54) is 25.3 Å². The summed E-state index contributed by atoms with van der Waals surface area (Å²) in [6.45, 7) is 2.06. The summed E-state index contributed by atoms with van der Waals surface area (Å²) < 4.78 is 26.1. The van der Waals surface area contributed by atoms with Gasteiger partial charge in [-0.1, -0.05) is 0 Å². The van der Waals surface area contributed by atoms with Crippen molar-refractivity contribution in [2.75, 3.05) is 18.0 Å². The van der Waals surface area contributed by atoms with E-state index in [-0.39, 0.29) is 0 Å². The van der Waals surface area contributed by atoms with Gasteiger partial charge in [0.2, 0.25) is 0 Å². The molecule has 1 saturated heterocycles. The van der Waals surface area contributed by atoms with E-state index in [2.05, 4.69) is 9.88 Å². The monoisotopic (exact) mass is 280 g/mol. The molecule has 0 amide bonds. The minimum Gasteiger partial charge on any atom is -0.348 e. The van der Waals surface area contributed by atoms with Crippen molar-refractivity contribution in [3.63, 3.8) is 0 Å². The summed E-state index contributed by atoms with van der Waals surface area (Å²) >= 11 is 1.56. The van der Waals surface area contributed by atoms with E-state index in [1.54, 1.807) is 17.4 Å². The topological polar surface area (TPSA) is 16.1 Å². The maximum Gasteiger partial charge on any atom is 0.185 e. The number of hydrogen-bond acceptors (Lipinski definition) is 3. The minimum absolute atomic E-state index is 0.624. The third-order valence-electron chi connectivity index (χ3n) is 3.33. The quantitative estimate of drug-likeness (QED) is 0.824. The molecule has 2 aromatic rings. The predicted octanol–water partition coefficient (Wildman–Crippen LogP) is 4.08. The van der Waals surface area contributed by atoms with Gasteiger partial charge in [0.25, 0.3) is 0 Å². The second-order valence-corrected chi connectivity index (χ2v) is 5.53. The molecule has 1 aliphatic heterocycles. The van der Waals surface area contributed by atoms with Gasteiger partial charge >= 0.3 is 0 Å². The van der Waals surface area contributed by atoms with E-state index in [4.69, 9.17) is 0 Å². The number of anilines is 1. The third kappa shape index (κ3) is 2.61. The van der Waals surface area contributed by atoms with Crippen molar-refractivity contribution < 1.29 is 8.78 Å². The number of benzene rings is 1. The Labute approximate surface area is 114 Å². The van der Waals surface area contributed by atoms with Crippen molar-refractivity contribution in [1.82, 2.24) is 4.98 Å². The zero-order valence-electron chi connectivity index (χ0n) is 10.4. The number of hydrogen-bond donors (Lipinski definition) is 0. The fourth-order valence-corrected chi connectivity index (χ4v) is 3.17. The van der Waals surface area contributed by atoms with Crippen LogP contribution in [0.25, 0.3) is 11.3 Å². The molecular weight excluding hydrogens is 266 g/mol. The highest BCUT2D eigenvalue weighted by atomic mass is 32.1. The van der Waals surface area contributed by atoms with Crippen LogP contribution < -0.4 is 4.90 Å². The van der Waals surface area contributed by atoms with E-state index >= 15 is 0 Å². The summed E-state index contributed by atoms with van der Waals surface area (Å²) in [5.41, 5.74) is 1.34. The fourth-order valence-electron chi connectivity index (χ4n) is 2.28. The van der Waals surface area contributed by atoms with Crippen molar-refractivity contribution in [1.29, 1.82) is 0 Å². The molecule has 0 N–H and O–H groups in total. The molecule has 0 atom stereocenters. The number of rotatable bonds is 2. The van der Waals surface area contributed by atoms with Crippen molar-refractivity contribution >= 4 is 16.5 Å². The van der Waals surface area contributed by atoms with Crippen LogP contribution >= 0.6 is 11.3 Å². The molecule has 19 heavy (non-hydrogen) atoms. The van der Waals surface area contributed by atoms with Crippen LogP contribution in [0.3, 0.4) is 0 Å². The second kappa shape index (κ2) is 5.25. The smallest absolute Gasteiger partial charge is 0.185 e. The number of aromatic nitrogens is 1. The molecule has 0 spiro atoms. The lowest BCUT2D eigenvalue weighted by Crippen LogP contribution is -2.29. The highest BCUT2D eigenvalue weighted by molar-refractivity contribution is 7.14. The van der Waals surface area contributed by atoms with Crippen molar-refractivity contribution in [3.05, 3.63) is 35.2 Å². The Balaban J connectivity index is 1.85. The number of thiazole rings is 1. The zero-order valence-corrected chi connectivity index (χ0v) is 11.2. The summed E-state index contributed by atoms with van der Waals surface area (Å²) in [6.07, 6.45) is 3.66. The average molecular weight is 280 g/mol. The highest BCUT2D eigenvalue weighted by Crippen LogP contribution is 2.29. The number of halogens is 2. The predicted molar refractivity (Wildman–Crippen MR) is 73.5 cm³/mol. The first-order chi connectivity index (χ1) is 9.24. The Hall–Kier alpha value is -1.49. The largest absolute Gasteiger partial charge is 0.348 e. The molecule has 1 aromatic carbocycles. The van der Waals surface area contributed by atoms with Crippen LogP contribution in [0.2, 0.25) is 0 Å². The van der Waals surface area contributed by atoms with Crippen LogP contribution in [0.5, 0.6) is 0 Å². The lowest BCUT2D eigenvalue weighted by atomic mass is 10.1. The van der Waals surface area contributed by atoms with Gasteiger partial charge in [0.15, 0.2) is 16.8 Å². The van der Waals surface area contributed by atoms with Gasteiger partial charge in [-0.3, -0.25) is 0 Å². The van der Waals surface area contributed by atoms with E-state index in [0.717, 1.165) is 24.3 Å². The van der Waals surface area contributed by atoms with Crippen LogP contribution in [0.15, 0.2) is 23.6 Å². The second-order valence-electron chi connectivity index (χ2n) is 4.69. The van der Waals surface area contributed by atoms with Gasteiger partial charge in [-0.2, -0.15) is 0 Å². The molecule has 1 aromatic heterocycles. The van der Waals surface area contributed by atoms with Gasteiger partial charge in [0.1, 0.15) is 0 Å². The van der Waals surface area contributed by atoms with Crippen molar-refractivity contribution in [3.8, 4) is 11.3 Å². The van der Waals surface area contributed by atoms with Gasteiger partial charge in [-0.25, -0.2) is 13.8 Å². The standard InChI is InChI=1S/C14H14F2N2S/c15-11-5-4-10(8-12(11)16)13-9-19-14(17-13)18-6-2-1-3-7-18/h4-5,8-9H,1-3,6-7H2. The van der Waals surface area contributed by atoms with Gasteiger partial charge < -0.3 is 4.90 Å². The van der Waals surface area contributed by atoms with Crippen LogP contribution in [-0.4, -0.2) is 18.1 Å².